The lowest BCUT2D eigenvalue weighted by atomic mass is 9.76. The molecule has 0 bridgehead atoms. The van der Waals surface area contributed by atoms with Crippen LogP contribution in [0.1, 0.15) is 74.1 Å². The van der Waals surface area contributed by atoms with Crippen LogP contribution in [0.15, 0.2) is 0 Å². The van der Waals surface area contributed by atoms with E-state index in [1.165, 1.54) is 6.42 Å². The van der Waals surface area contributed by atoms with Crippen LogP contribution < -0.4 is 0 Å². The Morgan fingerprint density at radius 2 is 1.33 bits per heavy atom. The van der Waals surface area contributed by atoms with Gasteiger partial charge in [-0.25, -0.2) is 0 Å². The molecule has 0 aromatic carbocycles. The Hall–Kier alpha value is -0.0400. The predicted octanol–water partition coefficient (Wildman–Crippen LogP) is 4.39. The van der Waals surface area contributed by atoms with E-state index < -0.39 is 5.60 Å². The van der Waals surface area contributed by atoms with Crippen LogP contribution in [-0.2, 0) is 0 Å². The van der Waals surface area contributed by atoms with Gasteiger partial charge < -0.3 is 5.11 Å². The smallest absolute Gasteiger partial charge is 0.0625 e. The monoisotopic (exact) mass is 214 g/mol. The molecular formula is C14H30O. The minimum absolute atomic E-state index is 0.208. The van der Waals surface area contributed by atoms with E-state index in [-0.39, 0.29) is 5.41 Å². The molecule has 0 fully saturated rings. The first-order chi connectivity index (χ1) is 6.47. The van der Waals surface area contributed by atoms with Crippen LogP contribution in [0, 0.1) is 10.8 Å². The van der Waals surface area contributed by atoms with Crippen molar-refractivity contribution in [2.45, 2.75) is 79.8 Å². The molecule has 0 aromatic rings. The molecule has 0 aromatic heterocycles. The molecule has 0 saturated carbocycles. The van der Waals surface area contributed by atoms with Crippen LogP contribution in [0.5, 0.6) is 0 Å². The first-order valence-corrected chi connectivity index (χ1v) is 6.20. The second-order valence-electron chi connectivity index (χ2n) is 7.25. The normalized spacial score (nSPS) is 17.6. The average Bonchev–Trinajstić information content (AvgIpc) is 1.97. The van der Waals surface area contributed by atoms with Gasteiger partial charge in [-0.3, -0.25) is 0 Å². The van der Waals surface area contributed by atoms with Crippen molar-refractivity contribution in [1.29, 1.82) is 0 Å². The maximum Gasteiger partial charge on any atom is 0.0625 e. The SMILES string of the molecule is CCC(C)(C)CCC(C)(O)CC(C)(C)C. The molecule has 0 saturated heterocycles. The summed E-state index contributed by atoms with van der Waals surface area (Å²) in [7, 11) is 0. The predicted molar refractivity (Wildman–Crippen MR) is 68.0 cm³/mol. The molecule has 0 aliphatic rings. The van der Waals surface area contributed by atoms with Gasteiger partial charge in [0.25, 0.3) is 0 Å². The van der Waals surface area contributed by atoms with Gasteiger partial charge in [0.1, 0.15) is 0 Å². The van der Waals surface area contributed by atoms with E-state index in [1.54, 1.807) is 0 Å². The third kappa shape index (κ3) is 7.84. The summed E-state index contributed by atoms with van der Waals surface area (Å²) in [5.74, 6) is 0. The Balaban J connectivity index is 4.16. The molecule has 0 spiro atoms. The highest BCUT2D eigenvalue weighted by Crippen LogP contribution is 2.34. The minimum Gasteiger partial charge on any atom is -0.390 e. The highest BCUT2D eigenvalue weighted by Gasteiger charge is 2.29. The summed E-state index contributed by atoms with van der Waals surface area (Å²) in [6.07, 6.45) is 4.07. The number of hydrogen-bond acceptors (Lipinski definition) is 1. The van der Waals surface area contributed by atoms with Crippen molar-refractivity contribution < 1.29 is 5.11 Å². The van der Waals surface area contributed by atoms with E-state index in [0.717, 1.165) is 19.3 Å². The average molecular weight is 214 g/mol. The summed E-state index contributed by atoms with van der Waals surface area (Å²) in [4.78, 5) is 0. The highest BCUT2D eigenvalue weighted by atomic mass is 16.3. The molecule has 92 valence electrons. The first kappa shape index (κ1) is 15.0. The molecule has 0 rings (SSSR count). The van der Waals surface area contributed by atoms with E-state index in [1.807, 2.05) is 6.92 Å². The van der Waals surface area contributed by atoms with E-state index in [9.17, 15) is 5.11 Å². The van der Waals surface area contributed by atoms with Crippen molar-refractivity contribution in [3.05, 3.63) is 0 Å². The second kappa shape index (κ2) is 4.86. The fourth-order valence-corrected chi connectivity index (χ4v) is 2.02. The van der Waals surface area contributed by atoms with E-state index >= 15 is 0 Å². The minimum atomic E-state index is -0.509. The van der Waals surface area contributed by atoms with Crippen LogP contribution in [-0.4, -0.2) is 10.7 Å². The molecule has 1 atom stereocenters. The van der Waals surface area contributed by atoms with Gasteiger partial charge in [-0.2, -0.15) is 0 Å². The van der Waals surface area contributed by atoms with Crippen LogP contribution in [0.25, 0.3) is 0 Å². The summed E-state index contributed by atoms with van der Waals surface area (Å²) >= 11 is 0. The Morgan fingerprint density at radius 3 is 1.67 bits per heavy atom. The van der Waals surface area contributed by atoms with Gasteiger partial charge in [-0.15, -0.1) is 0 Å². The molecule has 0 amide bonds. The Bertz CT molecular complexity index is 184. The summed E-state index contributed by atoms with van der Waals surface area (Å²) in [5.41, 5.74) is 0.0619. The molecule has 1 nitrogen and oxygen atoms in total. The van der Waals surface area contributed by atoms with Gasteiger partial charge in [0.2, 0.25) is 0 Å². The number of rotatable bonds is 5. The second-order valence-corrected chi connectivity index (χ2v) is 7.25. The summed E-state index contributed by atoms with van der Waals surface area (Å²) in [6.45, 7) is 15.3. The Kier molecular flexibility index (Phi) is 4.85. The van der Waals surface area contributed by atoms with Gasteiger partial charge in [0.15, 0.2) is 0 Å². The fraction of sp³-hybridized carbons (Fsp3) is 1.00. The first-order valence-electron chi connectivity index (χ1n) is 6.20. The van der Waals surface area contributed by atoms with Gasteiger partial charge in [-0.1, -0.05) is 48.0 Å². The zero-order valence-electron chi connectivity index (χ0n) is 11.8. The van der Waals surface area contributed by atoms with Gasteiger partial charge >= 0.3 is 0 Å². The molecule has 1 N–H and O–H groups in total. The molecule has 1 heteroatoms. The maximum atomic E-state index is 10.3. The Labute approximate surface area is 96.3 Å². The standard InChI is InChI=1S/C14H30O/c1-8-13(5,6)9-10-14(7,15)11-12(2,3)4/h15H,8-11H2,1-7H3. The van der Waals surface area contributed by atoms with Gasteiger partial charge in [0, 0.05) is 0 Å². The molecule has 0 aliphatic carbocycles. The lowest BCUT2D eigenvalue weighted by molar-refractivity contribution is 0.00114. The molecule has 0 radical (unpaired) electrons. The molecule has 15 heavy (non-hydrogen) atoms. The van der Waals surface area contributed by atoms with E-state index in [2.05, 4.69) is 41.5 Å². The summed E-state index contributed by atoms with van der Waals surface area (Å²) < 4.78 is 0. The zero-order valence-corrected chi connectivity index (χ0v) is 11.8. The van der Waals surface area contributed by atoms with Crippen molar-refractivity contribution >= 4 is 0 Å². The van der Waals surface area contributed by atoms with Crippen LogP contribution in [0.3, 0.4) is 0 Å². The molecule has 1 unspecified atom stereocenters. The molecule has 0 heterocycles. The van der Waals surface area contributed by atoms with Crippen molar-refractivity contribution in [1.82, 2.24) is 0 Å². The topological polar surface area (TPSA) is 20.2 Å². The number of aliphatic hydroxyl groups is 1. The van der Waals surface area contributed by atoms with Gasteiger partial charge in [0.05, 0.1) is 5.60 Å². The lowest BCUT2D eigenvalue weighted by Gasteiger charge is -2.34. The van der Waals surface area contributed by atoms with Crippen LogP contribution >= 0.6 is 0 Å². The summed E-state index contributed by atoms with van der Waals surface area (Å²) in [5, 5.41) is 10.3. The van der Waals surface area contributed by atoms with Crippen LogP contribution in [0.4, 0.5) is 0 Å². The maximum absolute atomic E-state index is 10.3. The van der Waals surface area contributed by atoms with Crippen molar-refractivity contribution in [2.24, 2.45) is 10.8 Å². The number of hydrogen-bond donors (Lipinski definition) is 1. The van der Waals surface area contributed by atoms with E-state index in [0.29, 0.717) is 5.41 Å². The highest BCUT2D eigenvalue weighted by molar-refractivity contribution is 4.81. The van der Waals surface area contributed by atoms with Gasteiger partial charge in [-0.05, 0) is 37.0 Å². The lowest BCUT2D eigenvalue weighted by Crippen LogP contribution is -2.31. The largest absolute Gasteiger partial charge is 0.390 e. The van der Waals surface area contributed by atoms with Crippen molar-refractivity contribution in [2.75, 3.05) is 0 Å². The quantitative estimate of drug-likeness (QED) is 0.719. The molecule has 0 aliphatic heterocycles. The zero-order chi connectivity index (χ0) is 12.3. The molecular weight excluding hydrogens is 184 g/mol. The fourth-order valence-electron chi connectivity index (χ4n) is 2.02. The van der Waals surface area contributed by atoms with Crippen molar-refractivity contribution in [3.63, 3.8) is 0 Å². The third-order valence-corrected chi connectivity index (χ3v) is 3.21. The van der Waals surface area contributed by atoms with Crippen LogP contribution in [0.2, 0.25) is 0 Å². The third-order valence-electron chi connectivity index (χ3n) is 3.21. The Morgan fingerprint density at radius 1 is 0.867 bits per heavy atom. The van der Waals surface area contributed by atoms with Crippen molar-refractivity contribution in [3.8, 4) is 0 Å². The van der Waals surface area contributed by atoms with E-state index in [4.69, 9.17) is 0 Å². The summed E-state index contributed by atoms with van der Waals surface area (Å²) in [6, 6.07) is 0.